The third kappa shape index (κ3) is 20.4. The predicted molar refractivity (Wildman–Crippen MR) is 102 cm³/mol. The van der Waals surface area contributed by atoms with Gasteiger partial charge < -0.3 is 0 Å². The number of hydrogen-bond donors (Lipinski definition) is 0. The molecule has 0 nitrogen and oxygen atoms in total. The van der Waals surface area contributed by atoms with Crippen molar-refractivity contribution in [1.29, 1.82) is 0 Å². The van der Waals surface area contributed by atoms with E-state index in [0.717, 1.165) is 5.92 Å². The van der Waals surface area contributed by atoms with Crippen LogP contribution in [0.5, 0.6) is 0 Å². The molecule has 0 saturated carbocycles. The van der Waals surface area contributed by atoms with Crippen LogP contribution >= 0.6 is 12.2 Å². The molecule has 0 bridgehead atoms. The van der Waals surface area contributed by atoms with Crippen LogP contribution in [0.3, 0.4) is 0 Å². The summed E-state index contributed by atoms with van der Waals surface area (Å²) in [5.41, 5.74) is 0. The molecule has 0 amide bonds. The van der Waals surface area contributed by atoms with Crippen molar-refractivity contribution in [3.8, 4) is 0 Å². The standard InChI is InChI=1S/C12H24S.C5H12.C2H6/c1-5-7-12(8-6-2)9-10(3)11(4)13;1-3-5-4-2;1-2/h10,12H,5-9H2,1-4H3;3-5H2,1-2H3;1-2H3. The minimum absolute atomic E-state index is 0.637. The Hall–Kier alpha value is 0.0900. The van der Waals surface area contributed by atoms with E-state index in [1.54, 1.807) is 0 Å². The van der Waals surface area contributed by atoms with Gasteiger partial charge in [-0.1, -0.05) is 106 Å². The second-order valence-electron chi connectivity index (χ2n) is 5.54. The Kier molecular flexibility index (Phi) is 26.8. The molecule has 0 aromatic carbocycles. The summed E-state index contributed by atoms with van der Waals surface area (Å²) in [6.07, 6.45) is 10.8. The largest absolute Gasteiger partial charge is 0.0897 e. The molecule has 0 aliphatic carbocycles. The Morgan fingerprint density at radius 1 is 0.850 bits per heavy atom. The Bertz CT molecular complexity index is 167. The van der Waals surface area contributed by atoms with Crippen LogP contribution in [-0.4, -0.2) is 4.86 Å². The minimum Gasteiger partial charge on any atom is -0.0897 e. The smallest absolute Gasteiger partial charge is 0.00742 e. The molecule has 0 saturated heterocycles. The fourth-order valence-corrected chi connectivity index (χ4v) is 2.31. The van der Waals surface area contributed by atoms with Gasteiger partial charge in [0.1, 0.15) is 0 Å². The van der Waals surface area contributed by atoms with Gasteiger partial charge in [-0.3, -0.25) is 0 Å². The molecule has 20 heavy (non-hydrogen) atoms. The van der Waals surface area contributed by atoms with Crippen LogP contribution in [0.25, 0.3) is 0 Å². The average Bonchev–Trinajstić information content (AvgIpc) is 2.43. The van der Waals surface area contributed by atoms with E-state index in [2.05, 4.69) is 41.5 Å². The topological polar surface area (TPSA) is 0 Å². The van der Waals surface area contributed by atoms with Crippen molar-refractivity contribution in [1.82, 2.24) is 0 Å². The van der Waals surface area contributed by atoms with E-state index in [4.69, 9.17) is 12.2 Å². The van der Waals surface area contributed by atoms with E-state index in [9.17, 15) is 0 Å². The van der Waals surface area contributed by atoms with Gasteiger partial charge in [0.15, 0.2) is 0 Å². The lowest BCUT2D eigenvalue weighted by Gasteiger charge is -2.19. The molecule has 1 heteroatoms. The molecule has 0 heterocycles. The zero-order chi connectivity index (χ0) is 16.4. The van der Waals surface area contributed by atoms with E-state index < -0.39 is 0 Å². The van der Waals surface area contributed by atoms with Crippen molar-refractivity contribution in [2.24, 2.45) is 11.8 Å². The number of hydrogen-bond acceptors (Lipinski definition) is 1. The highest BCUT2D eigenvalue weighted by Crippen LogP contribution is 2.22. The lowest BCUT2D eigenvalue weighted by atomic mass is 9.88. The molecule has 0 aliphatic heterocycles. The van der Waals surface area contributed by atoms with Crippen molar-refractivity contribution >= 4 is 17.1 Å². The Labute approximate surface area is 136 Å². The van der Waals surface area contributed by atoms with Gasteiger partial charge in [-0.15, -0.1) is 0 Å². The summed E-state index contributed by atoms with van der Waals surface area (Å²) < 4.78 is 0. The Morgan fingerprint density at radius 2 is 1.25 bits per heavy atom. The van der Waals surface area contributed by atoms with Crippen LogP contribution in [0.1, 0.15) is 107 Å². The highest BCUT2D eigenvalue weighted by Gasteiger charge is 2.12. The first-order valence-corrected chi connectivity index (χ1v) is 9.44. The van der Waals surface area contributed by atoms with Crippen molar-refractivity contribution in [3.05, 3.63) is 0 Å². The molecule has 0 spiro atoms. The molecular weight excluding hydrogens is 260 g/mol. The van der Waals surface area contributed by atoms with Gasteiger partial charge in [-0.25, -0.2) is 0 Å². The van der Waals surface area contributed by atoms with Crippen molar-refractivity contribution in [2.75, 3.05) is 0 Å². The molecule has 1 unspecified atom stereocenters. The fourth-order valence-electron chi connectivity index (χ4n) is 2.22. The van der Waals surface area contributed by atoms with E-state index in [-0.39, 0.29) is 0 Å². The summed E-state index contributed by atoms with van der Waals surface area (Å²) in [6.45, 7) is 17.3. The Morgan fingerprint density at radius 3 is 1.45 bits per heavy atom. The van der Waals surface area contributed by atoms with Gasteiger partial charge in [0.25, 0.3) is 0 Å². The predicted octanol–water partition coefficient (Wildman–Crippen LogP) is 7.84. The van der Waals surface area contributed by atoms with E-state index in [1.165, 1.54) is 56.2 Å². The SMILES string of the molecule is CC.CCCC(CCC)CC(C)C(C)=S.CCCCC. The molecule has 0 rings (SSSR count). The average molecular weight is 303 g/mol. The van der Waals surface area contributed by atoms with E-state index >= 15 is 0 Å². The maximum Gasteiger partial charge on any atom is -0.00742 e. The number of unbranched alkanes of at least 4 members (excludes halogenated alkanes) is 2. The summed E-state index contributed by atoms with van der Waals surface area (Å²) in [6, 6.07) is 0. The van der Waals surface area contributed by atoms with Crippen LogP contribution in [0.4, 0.5) is 0 Å². The molecule has 0 fully saturated rings. The normalized spacial score (nSPS) is 11.1. The third-order valence-corrected chi connectivity index (χ3v) is 3.88. The quantitative estimate of drug-likeness (QED) is 0.391. The van der Waals surface area contributed by atoms with Crippen LogP contribution < -0.4 is 0 Å². The monoisotopic (exact) mass is 302 g/mol. The molecule has 0 radical (unpaired) electrons. The molecular formula is C19H42S. The number of rotatable bonds is 9. The second kappa shape index (κ2) is 21.4. The van der Waals surface area contributed by atoms with Crippen LogP contribution in [-0.2, 0) is 0 Å². The van der Waals surface area contributed by atoms with Crippen molar-refractivity contribution < 1.29 is 0 Å². The summed E-state index contributed by atoms with van der Waals surface area (Å²) in [5, 5.41) is 0. The number of thiocarbonyl (C=S) groups is 1. The lowest BCUT2D eigenvalue weighted by Crippen LogP contribution is -2.11. The zero-order valence-corrected chi connectivity index (χ0v) is 16.5. The molecule has 0 N–H and O–H groups in total. The van der Waals surface area contributed by atoms with Crippen LogP contribution in [0.15, 0.2) is 0 Å². The van der Waals surface area contributed by atoms with Gasteiger partial charge in [0, 0.05) is 0 Å². The molecule has 1 atom stereocenters. The first kappa shape index (κ1) is 25.1. The van der Waals surface area contributed by atoms with E-state index in [0.29, 0.717) is 5.92 Å². The summed E-state index contributed by atoms with van der Waals surface area (Å²) in [5.74, 6) is 1.54. The molecule has 0 aliphatic rings. The van der Waals surface area contributed by atoms with Crippen LogP contribution in [0, 0.1) is 11.8 Å². The van der Waals surface area contributed by atoms with Gasteiger partial charge >= 0.3 is 0 Å². The maximum atomic E-state index is 5.20. The first-order valence-electron chi connectivity index (χ1n) is 9.03. The molecule has 124 valence electrons. The fraction of sp³-hybridized carbons (Fsp3) is 0.947. The third-order valence-electron chi connectivity index (χ3n) is 3.48. The van der Waals surface area contributed by atoms with Gasteiger partial charge in [0.05, 0.1) is 0 Å². The summed E-state index contributed by atoms with van der Waals surface area (Å²) >= 11 is 5.20. The van der Waals surface area contributed by atoms with E-state index in [1.807, 2.05) is 13.8 Å². The highest BCUT2D eigenvalue weighted by molar-refractivity contribution is 7.80. The minimum atomic E-state index is 0.637. The van der Waals surface area contributed by atoms with Gasteiger partial charge in [-0.05, 0) is 30.0 Å². The van der Waals surface area contributed by atoms with Crippen molar-refractivity contribution in [3.63, 3.8) is 0 Å². The first-order chi connectivity index (χ1) is 9.53. The zero-order valence-electron chi connectivity index (χ0n) is 15.7. The van der Waals surface area contributed by atoms with Gasteiger partial charge in [0.2, 0.25) is 0 Å². The summed E-state index contributed by atoms with van der Waals surface area (Å²) in [7, 11) is 0. The lowest BCUT2D eigenvalue weighted by molar-refractivity contribution is 0.384. The maximum absolute atomic E-state index is 5.20. The molecule has 0 aromatic rings. The second-order valence-corrected chi connectivity index (χ2v) is 6.19. The Balaban J connectivity index is -0.000000346. The van der Waals surface area contributed by atoms with Crippen molar-refractivity contribution in [2.45, 2.75) is 107 Å². The summed E-state index contributed by atoms with van der Waals surface area (Å²) in [4.78, 5) is 1.18. The molecule has 0 aromatic heterocycles. The highest BCUT2D eigenvalue weighted by atomic mass is 32.1. The van der Waals surface area contributed by atoms with Crippen LogP contribution in [0.2, 0.25) is 0 Å². The van der Waals surface area contributed by atoms with Gasteiger partial charge in [-0.2, -0.15) is 0 Å².